The van der Waals surface area contributed by atoms with Crippen LogP contribution in [0.5, 0.6) is 5.75 Å². The van der Waals surface area contributed by atoms with Gasteiger partial charge < -0.3 is 10.1 Å². The Balaban J connectivity index is 1.86. The number of aryl methyl sites for hydroxylation is 3. The number of pyridine rings is 1. The molecule has 1 amide bonds. The molecule has 0 aliphatic rings. The third kappa shape index (κ3) is 3.57. The third-order valence-electron chi connectivity index (χ3n) is 4.85. The first kappa shape index (κ1) is 18.7. The molecule has 0 atom stereocenters. The molecule has 0 bridgehead atoms. The lowest BCUT2D eigenvalue weighted by Gasteiger charge is -2.10. The van der Waals surface area contributed by atoms with Gasteiger partial charge in [0.25, 0.3) is 5.91 Å². The Kier molecular flexibility index (Phi) is 4.76. The summed E-state index contributed by atoms with van der Waals surface area (Å²) < 4.78 is 7.04. The lowest BCUT2D eigenvalue weighted by molar-refractivity contribution is 0.102. The van der Waals surface area contributed by atoms with Crippen LogP contribution < -0.4 is 10.1 Å². The van der Waals surface area contributed by atoms with E-state index in [4.69, 9.17) is 9.72 Å². The van der Waals surface area contributed by atoms with Gasteiger partial charge in [0.2, 0.25) is 0 Å². The van der Waals surface area contributed by atoms with Crippen molar-refractivity contribution in [2.45, 2.75) is 13.8 Å². The van der Waals surface area contributed by atoms with Crippen LogP contribution in [0.3, 0.4) is 0 Å². The van der Waals surface area contributed by atoms with Crippen LogP contribution in [0.2, 0.25) is 0 Å². The molecule has 6 heteroatoms. The third-order valence-corrected chi connectivity index (χ3v) is 4.85. The Morgan fingerprint density at radius 3 is 2.62 bits per heavy atom. The number of benzene rings is 2. The molecule has 4 aromatic rings. The van der Waals surface area contributed by atoms with Crippen molar-refractivity contribution in [1.29, 1.82) is 0 Å². The van der Waals surface area contributed by atoms with Crippen molar-refractivity contribution >= 4 is 22.6 Å². The van der Waals surface area contributed by atoms with Gasteiger partial charge in [-0.05, 0) is 49.7 Å². The molecule has 2 aromatic heterocycles. The number of nitrogens with one attached hydrogen (secondary N) is 1. The van der Waals surface area contributed by atoms with Crippen LogP contribution in [0.25, 0.3) is 22.3 Å². The first-order chi connectivity index (χ1) is 14.0. The fourth-order valence-electron chi connectivity index (χ4n) is 3.48. The second-order valence-electron chi connectivity index (χ2n) is 7.02. The Morgan fingerprint density at radius 1 is 1.07 bits per heavy atom. The van der Waals surface area contributed by atoms with Crippen LogP contribution in [-0.4, -0.2) is 27.8 Å². The predicted molar refractivity (Wildman–Crippen MR) is 114 cm³/mol. The maximum Gasteiger partial charge on any atom is 0.256 e. The summed E-state index contributed by atoms with van der Waals surface area (Å²) in [5.41, 5.74) is 5.36. The zero-order valence-electron chi connectivity index (χ0n) is 16.9. The molecule has 2 heterocycles. The summed E-state index contributed by atoms with van der Waals surface area (Å²) in [6.45, 7) is 3.88. The molecule has 0 saturated heterocycles. The maximum absolute atomic E-state index is 13.2. The van der Waals surface area contributed by atoms with E-state index in [0.717, 1.165) is 33.6 Å². The second-order valence-corrected chi connectivity index (χ2v) is 7.02. The van der Waals surface area contributed by atoms with E-state index in [2.05, 4.69) is 10.4 Å². The van der Waals surface area contributed by atoms with Crippen molar-refractivity contribution in [3.63, 3.8) is 0 Å². The predicted octanol–water partition coefficient (Wildman–Crippen LogP) is 4.51. The number of nitrogens with zero attached hydrogens (tertiary/aromatic N) is 3. The number of rotatable bonds is 4. The summed E-state index contributed by atoms with van der Waals surface area (Å²) in [4.78, 5) is 18.0. The van der Waals surface area contributed by atoms with Gasteiger partial charge in [-0.25, -0.2) is 4.98 Å². The number of carbonyl (C=O) groups excluding carboxylic acids is 1. The Morgan fingerprint density at radius 2 is 1.86 bits per heavy atom. The molecule has 1 N–H and O–H groups in total. The Labute approximate surface area is 169 Å². The molecule has 146 valence electrons. The average Bonchev–Trinajstić information content (AvgIpc) is 3.01. The number of ether oxygens (including phenoxy) is 1. The smallest absolute Gasteiger partial charge is 0.256 e. The topological polar surface area (TPSA) is 69.0 Å². The highest BCUT2D eigenvalue weighted by molar-refractivity contribution is 6.13. The van der Waals surface area contributed by atoms with Gasteiger partial charge >= 0.3 is 0 Å². The fourth-order valence-corrected chi connectivity index (χ4v) is 3.48. The quantitative estimate of drug-likeness (QED) is 0.560. The van der Waals surface area contributed by atoms with Crippen molar-refractivity contribution in [1.82, 2.24) is 14.8 Å². The zero-order valence-corrected chi connectivity index (χ0v) is 16.9. The first-order valence-electron chi connectivity index (χ1n) is 9.33. The van der Waals surface area contributed by atoms with Crippen molar-refractivity contribution in [3.05, 3.63) is 71.4 Å². The molecule has 2 aromatic carbocycles. The van der Waals surface area contributed by atoms with E-state index in [1.54, 1.807) is 11.8 Å². The molecule has 4 rings (SSSR count). The van der Waals surface area contributed by atoms with E-state index in [9.17, 15) is 4.79 Å². The summed E-state index contributed by atoms with van der Waals surface area (Å²) in [6, 6.07) is 17.2. The minimum Gasteiger partial charge on any atom is -0.497 e. The number of hydrogen-bond acceptors (Lipinski definition) is 4. The van der Waals surface area contributed by atoms with Gasteiger partial charge in [0.1, 0.15) is 5.75 Å². The van der Waals surface area contributed by atoms with Gasteiger partial charge in [-0.15, -0.1) is 0 Å². The first-order valence-corrected chi connectivity index (χ1v) is 9.33. The second kappa shape index (κ2) is 7.39. The number of aromatic nitrogens is 3. The highest BCUT2D eigenvalue weighted by Crippen LogP contribution is 2.29. The molecule has 0 aliphatic heterocycles. The van der Waals surface area contributed by atoms with Gasteiger partial charge in [0.05, 0.1) is 29.4 Å². The summed E-state index contributed by atoms with van der Waals surface area (Å²) in [5.74, 6) is 0.541. The molecule has 0 saturated carbocycles. The van der Waals surface area contributed by atoms with Crippen LogP contribution in [0.1, 0.15) is 21.6 Å². The number of anilines is 1. The minimum atomic E-state index is -0.191. The molecular weight excluding hydrogens is 364 g/mol. The molecule has 0 spiro atoms. The average molecular weight is 386 g/mol. The van der Waals surface area contributed by atoms with Crippen LogP contribution >= 0.6 is 0 Å². The van der Waals surface area contributed by atoms with E-state index in [1.807, 2.05) is 75.5 Å². The van der Waals surface area contributed by atoms with Gasteiger partial charge in [-0.2, -0.15) is 5.10 Å². The van der Waals surface area contributed by atoms with Crippen molar-refractivity contribution < 1.29 is 9.53 Å². The van der Waals surface area contributed by atoms with Crippen molar-refractivity contribution in [2.24, 2.45) is 7.05 Å². The van der Waals surface area contributed by atoms with E-state index in [-0.39, 0.29) is 5.91 Å². The molecule has 0 aliphatic carbocycles. The van der Waals surface area contributed by atoms with Gasteiger partial charge in [-0.1, -0.05) is 24.3 Å². The monoisotopic (exact) mass is 386 g/mol. The standard InChI is InChI=1S/C23H22N4O2/c1-14-7-5-9-17(11-14)24-23(28)19-13-20(16-8-6-10-18(12-16)29-4)25-22-21(19)15(2)26-27(22)3/h5-13H,1-4H3,(H,24,28). The molecule has 29 heavy (non-hydrogen) atoms. The van der Waals surface area contributed by atoms with Crippen LogP contribution in [0.4, 0.5) is 5.69 Å². The van der Waals surface area contributed by atoms with E-state index in [1.165, 1.54) is 0 Å². The number of hydrogen-bond donors (Lipinski definition) is 1. The SMILES string of the molecule is COc1cccc(-c2cc(C(=O)Nc3cccc(C)c3)c3c(C)nn(C)c3n2)c1. The molecule has 0 unspecified atom stereocenters. The van der Waals surface area contributed by atoms with E-state index < -0.39 is 0 Å². The molecular formula is C23H22N4O2. The zero-order chi connectivity index (χ0) is 20.5. The van der Waals surface area contributed by atoms with Crippen molar-refractivity contribution in [2.75, 3.05) is 12.4 Å². The summed E-state index contributed by atoms with van der Waals surface area (Å²) in [7, 11) is 3.46. The molecule has 0 fully saturated rings. The normalized spacial score (nSPS) is 10.9. The van der Waals surface area contributed by atoms with Crippen LogP contribution in [0.15, 0.2) is 54.6 Å². The summed E-state index contributed by atoms with van der Waals surface area (Å²) >= 11 is 0. The van der Waals surface area contributed by atoms with E-state index in [0.29, 0.717) is 16.9 Å². The fraction of sp³-hybridized carbons (Fsp3) is 0.174. The Bertz CT molecular complexity index is 1230. The molecule has 6 nitrogen and oxygen atoms in total. The number of methoxy groups -OCH3 is 1. The largest absolute Gasteiger partial charge is 0.497 e. The van der Waals surface area contributed by atoms with Crippen molar-refractivity contribution in [3.8, 4) is 17.0 Å². The van der Waals surface area contributed by atoms with Crippen LogP contribution in [0, 0.1) is 13.8 Å². The minimum absolute atomic E-state index is 0.191. The summed E-state index contributed by atoms with van der Waals surface area (Å²) in [5, 5.41) is 8.23. The van der Waals surface area contributed by atoms with Gasteiger partial charge in [-0.3, -0.25) is 9.48 Å². The van der Waals surface area contributed by atoms with Crippen LogP contribution in [-0.2, 0) is 7.05 Å². The van der Waals surface area contributed by atoms with Gasteiger partial charge in [0, 0.05) is 18.3 Å². The highest BCUT2D eigenvalue weighted by Gasteiger charge is 2.19. The van der Waals surface area contributed by atoms with Gasteiger partial charge in [0.15, 0.2) is 5.65 Å². The summed E-state index contributed by atoms with van der Waals surface area (Å²) in [6.07, 6.45) is 0. The Hall–Kier alpha value is -3.67. The number of carbonyl (C=O) groups is 1. The highest BCUT2D eigenvalue weighted by atomic mass is 16.5. The number of amides is 1. The lowest BCUT2D eigenvalue weighted by atomic mass is 10.0. The maximum atomic E-state index is 13.2. The van der Waals surface area contributed by atoms with E-state index >= 15 is 0 Å². The lowest BCUT2D eigenvalue weighted by Crippen LogP contribution is -2.13. The molecule has 0 radical (unpaired) electrons. The number of fused-ring (bicyclic) bond motifs is 1.